The lowest BCUT2D eigenvalue weighted by atomic mass is 10.1. The van der Waals surface area contributed by atoms with Crippen molar-refractivity contribution in [3.63, 3.8) is 0 Å². The van der Waals surface area contributed by atoms with Gasteiger partial charge in [0, 0.05) is 6.04 Å². The Morgan fingerprint density at radius 3 is 2.48 bits per heavy atom. The van der Waals surface area contributed by atoms with E-state index in [2.05, 4.69) is 9.44 Å². The highest BCUT2D eigenvalue weighted by molar-refractivity contribution is 7.93. The first kappa shape index (κ1) is 20.1. The van der Waals surface area contributed by atoms with Crippen molar-refractivity contribution in [2.75, 3.05) is 11.3 Å². The first-order valence-corrected chi connectivity index (χ1v) is 11.1. The van der Waals surface area contributed by atoms with Gasteiger partial charge in [0.2, 0.25) is 20.0 Å². The van der Waals surface area contributed by atoms with Crippen LogP contribution in [0.15, 0.2) is 23.1 Å². The van der Waals surface area contributed by atoms with Gasteiger partial charge in [-0.2, -0.15) is 0 Å². The van der Waals surface area contributed by atoms with E-state index in [0.717, 1.165) is 25.0 Å². The maximum Gasteiger partial charge on any atom is 0.240 e. The Labute approximate surface area is 148 Å². The highest BCUT2D eigenvalue weighted by Gasteiger charge is 2.30. The van der Waals surface area contributed by atoms with Crippen molar-refractivity contribution >= 4 is 25.7 Å². The third-order valence-corrected chi connectivity index (χ3v) is 7.63. The molecule has 0 aromatic heterocycles. The average Bonchev–Trinajstić information content (AvgIpc) is 2.95. The van der Waals surface area contributed by atoms with Crippen LogP contribution in [0.5, 0.6) is 0 Å². The molecule has 0 heterocycles. The Kier molecular flexibility index (Phi) is 6.08. The summed E-state index contributed by atoms with van der Waals surface area (Å²) in [4.78, 5) is -0.250. The molecule has 25 heavy (non-hydrogen) atoms. The van der Waals surface area contributed by atoms with Crippen LogP contribution in [0.2, 0.25) is 0 Å². The molecule has 2 unspecified atom stereocenters. The summed E-state index contributed by atoms with van der Waals surface area (Å²) >= 11 is 0. The van der Waals surface area contributed by atoms with Gasteiger partial charge < -0.3 is 5.73 Å². The summed E-state index contributed by atoms with van der Waals surface area (Å²) < 4.78 is 67.4. The Balaban J connectivity index is 2.21. The van der Waals surface area contributed by atoms with Crippen LogP contribution < -0.4 is 15.2 Å². The first-order chi connectivity index (χ1) is 11.6. The molecule has 142 valence electrons. The van der Waals surface area contributed by atoms with Crippen LogP contribution in [-0.2, 0) is 20.0 Å². The molecule has 1 aromatic carbocycles. The maximum atomic E-state index is 14.2. The second-order valence-electron chi connectivity index (χ2n) is 6.49. The lowest BCUT2D eigenvalue weighted by molar-refractivity contribution is 0.452. The van der Waals surface area contributed by atoms with Crippen molar-refractivity contribution in [1.82, 2.24) is 4.72 Å². The summed E-state index contributed by atoms with van der Waals surface area (Å²) in [5.41, 5.74) is 5.36. The van der Waals surface area contributed by atoms with E-state index in [-0.39, 0.29) is 22.5 Å². The van der Waals surface area contributed by atoms with E-state index in [4.69, 9.17) is 5.73 Å². The molecule has 0 aliphatic heterocycles. The SMILES string of the molecule is CC(C)S(=O)(=O)Nc1ccc(S(=O)(=O)NC2CCCC2CN)cc1F. The summed E-state index contributed by atoms with van der Waals surface area (Å²) in [6, 6.07) is 2.83. The van der Waals surface area contributed by atoms with Crippen LogP contribution in [0.3, 0.4) is 0 Å². The third-order valence-electron chi connectivity index (χ3n) is 4.39. The number of rotatable bonds is 7. The quantitative estimate of drug-likeness (QED) is 0.647. The van der Waals surface area contributed by atoms with Crippen molar-refractivity contribution in [2.24, 2.45) is 11.7 Å². The van der Waals surface area contributed by atoms with Gasteiger partial charge in [0.05, 0.1) is 15.8 Å². The van der Waals surface area contributed by atoms with E-state index in [1.54, 1.807) is 0 Å². The predicted molar refractivity (Wildman–Crippen MR) is 94.6 cm³/mol. The minimum atomic E-state index is -3.91. The molecule has 0 spiro atoms. The zero-order chi connectivity index (χ0) is 18.8. The zero-order valence-corrected chi connectivity index (χ0v) is 15.8. The molecule has 0 bridgehead atoms. The standard InChI is InChI=1S/C15H24FN3O4S2/c1-10(2)24(20,21)19-15-7-6-12(8-13(15)16)25(22,23)18-14-5-3-4-11(14)9-17/h6-8,10-11,14,18-19H,3-5,9,17H2,1-2H3. The van der Waals surface area contributed by atoms with Gasteiger partial charge in [0.15, 0.2) is 0 Å². The van der Waals surface area contributed by atoms with Crippen LogP contribution in [0, 0.1) is 11.7 Å². The minimum absolute atomic E-state index is 0.0664. The van der Waals surface area contributed by atoms with E-state index in [9.17, 15) is 21.2 Å². The van der Waals surface area contributed by atoms with E-state index >= 15 is 0 Å². The normalized spacial score (nSPS) is 21.6. The third kappa shape index (κ3) is 4.69. The van der Waals surface area contributed by atoms with Gasteiger partial charge in [-0.15, -0.1) is 0 Å². The number of hydrogen-bond donors (Lipinski definition) is 3. The van der Waals surface area contributed by atoms with Gasteiger partial charge in [-0.1, -0.05) is 6.42 Å². The largest absolute Gasteiger partial charge is 0.330 e. The smallest absolute Gasteiger partial charge is 0.240 e. The number of halogens is 1. The van der Waals surface area contributed by atoms with Crippen molar-refractivity contribution in [3.8, 4) is 0 Å². The van der Waals surface area contributed by atoms with Crippen LogP contribution in [0.1, 0.15) is 33.1 Å². The number of anilines is 1. The van der Waals surface area contributed by atoms with Gasteiger partial charge in [0.1, 0.15) is 5.82 Å². The lowest BCUT2D eigenvalue weighted by Gasteiger charge is -2.19. The topological polar surface area (TPSA) is 118 Å². The van der Waals surface area contributed by atoms with E-state index < -0.39 is 31.1 Å². The Morgan fingerprint density at radius 2 is 1.92 bits per heavy atom. The van der Waals surface area contributed by atoms with Crippen LogP contribution in [-0.4, -0.2) is 34.7 Å². The highest BCUT2D eigenvalue weighted by atomic mass is 32.2. The molecule has 4 N–H and O–H groups in total. The second kappa shape index (κ2) is 7.56. The van der Waals surface area contributed by atoms with Crippen LogP contribution in [0.4, 0.5) is 10.1 Å². The van der Waals surface area contributed by atoms with Crippen molar-refractivity contribution < 1.29 is 21.2 Å². The van der Waals surface area contributed by atoms with Crippen molar-refractivity contribution in [1.29, 1.82) is 0 Å². The molecular weight excluding hydrogens is 369 g/mol. The first-order valence-electron chi connectivity index (χ1n) is 8.10. The summed E-state index contributed by atoms with van der Waals surface area (Å²) in [6.07, 6.45) is 2.43. The molecular formula is C15H24FN3O4S2. The highest BCUT2D eigenvalue weighted by Crippen LogP contribution is 2.27. The molecule has 2 rings (SSSR count). The maximum absolute atomic E-state index is 14.2. The summed E-state index contributed by atoms with van der Waals surface area (Å²) in [6.45, 7) is 3.30. The number of nitrogens with one attached hydrogen (secondary N) is 2. The summed E-state index contributed by atoms with van der Waals surface area (Å²) in [7, 11) is -7.63. The van der Waals surface area contributed by atoms with Crippen LogP contribution in [0.25, 0.3) is 0 Å². The van der Waals surface area contributed by atoms with E-state index in [1.807, 2.05) is 0 Å². The molecule has 1 aromatic rings. The fraction of sp³-hybridized carbons (Fsp3) is 0.600. The van der Waals surface area contributed by atoms with Crippen molar-refractivity contribution in [2.45, 2.75) is 49.3 Å². The Bertz CT molecular complexity index is 825. The molecule has 1 aliphatic rings. The molecule has 0 radical (unpaired) electrons. The molecule has 0 amide bonds. The van der Waals surface area contributed by atoms with Gasteiger partial charge in [-0.3, -0.25) is 4.72 Å². The minimum Gasteiger partial charge on any atom is -0.330 e. The van der Waals surface area contributed by atoms with Gasteiger partial charge >= 0.3 is 0 Å². The molecule has 1 fully saturated rings. The fourth-order valence-electron chi connectivity index (χ4n) is 2.76. The van der Waals surface area contributed by atoms with Gasteiger partial charge in [0.25, 0.3) is 0 Å². The Hall–Kier alpha value is -1.23. The van der Waals surface area contributed by atoms with E-state index in [1.165, 1.54) is 19.9 Å². The number of nitrogens with two attached hydrogens (primary N) is 1. The number of benzene rings is 1. The monoisotopic (exact) mass is 393 g/mol. The molecule has 1 saturated carbocycles. The zero-order valence-electron chi connectivity index (χ0n) is 14.2. The predicted octanol–water partition coefficient (Wildman–Crippen LogP) is 1.38. The van der Waals surface area contributed by atoms with Gasteiger partial charge in [-0.25, -0.2) is 25.9 Å². The average molecular weight is 394 g/mol. The van der Waals surface area contributed by atoms with Crippen molar-refractivity contribution in [3.05, 3.63) is 24.0 Å². The molecule has 10 heteroatoms. The van der Waals surface area contributed by atoms with Crippen LogP contribution >= 0.6 is 0 Å². The van der Waals surface area contributed by atoms with Gasteiger partial charge in [-0.05, 0) is 57.4 Å². The molecule has 7 nitrogen and oxygen atoms in total. The number of hydrogen-bond acceptors (Lipinski definition) is 5. The fourth-order valence-corrected chi connectivity index (χ4v) is 4.82. The number of sulfonamides is 2. The summed E-state index contributed by atoms with van der Waals surface area (Å²) in [5.74, 6) is -0.884. The van der Waals surface area contributed by atoms with E-state index in [0.29, 0.717) is 13.0 Å². The summed E-state index contributed by atoms with van der Waals surface area (Å²) in [5, 5.41) is -0.743. The molecule has 1 aliphatic carbocycles. The second-order valence-corrected chi connectivity index (χ2v) is 10.4. The lowest BCUT2D eigenvalue weighted by Crippen LogP contribution is -2.39. The molecule has 0 saturated heterocycles. The molecule has 2 atom stereocenters. The Morgan fingerprint density at radius 1 is 1.24 bits per heavy atom.